The minimum atomic E-state index is 0.537. The van der Waals surface area contributed by atoms with Crippen LogP contribution in [0.2, 0.25) is 0 Å². The summed E-state index contributed by atoms with van der Waals surface area (Å²) in [7, 11) is 3.12. The number of carbonyl (C=O) groups is 1. The minimum Gasteiger partial charge on any atom is -0.496 e. The molecule has 0 aromatic heterocycles. The van der Waals surface area contributed by atoms with E-state index in [0.717, 1.165) is 16.9 Å². The lowest BCUT2D eigenvalue weighted by molar-refractivity contribution is 0.112. The third-order valence-electron chi connectivity index (χ3n) is 1.86. The summed E-state index contributed by atoms with van der Waals surface area (Å²) in [6.07, 6.45) is 2.71. The van der Waals surface area contributed by atoms with Crippen LogP contribution in [0.1, 0.15) is 10.4 Å². The summed E-state index contributed by atoms with van der Waals surface area (Å²) in [5, 5.41) is 0. The lowest BCUT2D eigenvalue weighted by Gasteiger charge is -2.10. The standard InChI is InChI=1S/C10H12O3S/c1-12-8-5-9(13-2)10(14-3)4-7(8)6-11/h4-6H,1-3H3. The van der Waals surface area contributed by atoms with Gasteiger partial charge in [0.25, 0.3) is 0 Å². The zero-order valence-electron chi connectivity index (χ0n) is 8.37. The molecular formula is C10H12O3S. The van der Waals surface area contributed by atoms with E-state index >= 15 is 0 Å². The number of hydrogen-bond donors (Lipinski definition) is 0. The van der Waals surface area contributed by atoms with Crippen LogP contribution in [-0.4, -0.2) is 26.8 Å². The van der Waals surface area contributed by atoms with E-state index in [0.29, 0.717) is 11.3 Å². The third kappa shape index (κ3) is 2.01. The second-order valence-electron chi connectivity index (χ2n) is 2.57. The van der Waals surface area contributed by atoms with Gasteiger partial charge in [-0.1, -0.05) is 0 Å². The second kappa shape index (κ2) is 4.91. The third-order valence-corrected chi connectivity index (χ3v) is 2.62. The molecule has 0 amide bonds. The average molecular weight is 212 g/mol. The van der Waals surface area contributed by atoms with Crippen molar-refractivity contribution in [1.82, 2.24) is 0 Å². The van der Waals surface area contributed by atoms with Gasteiger partial charge in [0.15, 0.2) is 6.29 Å². The van der Waals surface area contributed by atoms with Crippen LogP contribution < -0.4 is 9.47 Å². The number of aldehydes is 1. The first-order valence-corrected chi connectivity index (χ1v) is 5.24. The Kier molecular flexibility index (Phi) is 3.83. The molecule has 76 valence electrons. The van der Waals surface area contributed by atoms with Crippen LogP contribution in [-0.2, 0) is 0 Å². The molecule has 14 heavy (non-hydrogen) atoms. The number of methoxy groups -OCH3 is 2. The van der Waals surface area contributed by atoms with Gasteiger partial charge in [0.2, 0.25) is 0 Å². The Morgan fingerprint density at radius 3 is 2.29 bits per heavy atom. The highest BCUT2D eigenvalue weighted by atomic mass is 32.2. The summed E-state index contributed by atoms with van der Waals surface area (Å²) in [5.74, 6) is 1.26. The van der Waals surface area contributed by atoms with Crippen LogP contribution in [0.15, 0.2) is 17.0 Å². The minimum absolute atomic E-state index is 0.537. The zero-order valence-corrected chi connectivity index (χ0v) is 9.18. The maximum atomic E-state index is 10.7. The molecule has 0 aliphatic heterocycles. The summed E-state index contributed by atoms with van der Waals surface area (Å²) in [4.78, 5) is 11.7. The van der Waals surface area contributed by atoms with Gasteiger partial charge in [-0.3, -0.25) is 4.79 Å². The molecule has 0 bridgehead atoms. The number of carbonyl (C=O) groups excluding carboxylic acids is 1. The van der Waals surface area contributed by atoms with Gasteiger partial charge < -0.3 is 9.47 Å². The molecule has 0 unspecified atom stereocenters. The Morgan fingerprint density at radius 2 is 1.86 bits per heavy atom. The van der Waals surface area contributed by atoms with Crippen molar-refractivity contribution >= 4 is 18.0 Å². The van der Waals surface area contributed by atoms with Crippen molar-refractivity contribution in [1.29, 1.82) is 0 Å². The summed E-state index contributed by atoms with van der Waals surface area (Å²) in [6, 6.07) is 3.48. The van der Waals surface area contributed by atoms with Crippen molar-refractivity contribution in [2.75, 3.05) is 20.5 Å². The molecule has 0 fully saturated rings. The van der Waals surface area contributed by atoms with E-state index in [1.54, 1.807) is 19.2 Å². The Balaban J connectivity index is 3.27. The highest BCUT2D eigenvalue weighted by molar-refractivity contribution is 7.98. The Morgan fingerprint density at radius 1 is 1.21 bits per heavy atom. The van der Waals surface area contributed by atoms with Gasteiger partial charge >= 0.3 is 0 Å². The maximum absolute atomic E-state index is 10.7. The number of hydrogen-bond acceptors (Lipinski definition) is 4. The van der Waals surface area contributed by atoms with Crippen molar-refractivity contribution in [3.63, 3.8) is 0 Å². The summed E-state index contributed by atoms with van der Waals surface area (Å²) < 4.78 is 10.2. The van der Waals surface area contributed by atoms with Crippen LogP contribution in [0, 0.1) is 0 Å². The normalized spacial score (nSPS) is 9.64. The number of rotatable bonds is 4. The fourth-order valence-corrected chi connectivity index (χ4v) is 1.73. The maximum Gasteiger partial charge on any atom is 0.153 e. The first-order valence-electron chi connectivity index (χ1n) is 4.02. The molecule has 1 aromatic carbocycles. The topological polar surface area (TPSA) is 35.5 Å². The van der Waals surface area contributed by atoms with Crippen LogP contribution in [0.5, 0.6) is 11.5 Å². The largest absolute Gasteiger partial charge is 0.496 e. The predicted molar refractivity (Wildman–Crippen MR) is 56.7 cm³/mol. The molecule has 0 saturated heterocycles. The Bertz CT molecular complexity index is 336. The molecule has 0 atom stereocenters. The smallest absolute Gasteiger partial charge is 0.153 e. The number of ether oxygens (including phenoxy) is 2. The van der Waals surface area contributed by atoms with E-state index in [9.17, 15) is 4.79 Å². The monoisotopic (exact) mass is 212 g/mol. The SMILES string of the molecule is COc1cc(OC)c(SC)cc1C=O. The molecule has 3 nitrogen and oxygen atoms in total. The molecular weight excluding hydrogens is 200 g/mol. The van der Waals surface area contributed by atoms with Crippen molar-refractivity contribution < 1.29 is 14.3 Å². The lowest BCUT2D eigenvalue weighted by Crippen LogP contribution is -1.94. The van der Waals surface area contributed by atoms with Gasteiger partial charge in [0, 0.05) is 6.07 Å². The lowest BCUT2D eigenvalue weighted by atomic mass is 10.2. The Labute approximate surface area is 87.4 Å². The van der Waals surface area contributed by atoms with Gasteiger partial charge in [-0.2, -0.15) is 0 Å². The average Bonchev–Trinajstić information content (AvgIpc) is 2.26. The van der Waals surface area contributed by atoms with Gasteiger partial charge in [0.05, 0.1) is 24.7 Å². The van der Waals surface area contributed by atoms with Crippen molar-refractivity contribution in [3.8, 4) is 11.5 Å². The predicted octanol–water partition coefficient (Wildman–Crippen LogP) is 2.24. The summed E-state index contributed by atoms with van der Waals surface area (Å²) >= 11 is 1.53. The van der Waals surface area contributed by atoms with E-state index in [4.69, 9.17) is 9.47 Å². The van der Waals surface area contributed by atoms with Gasteiger partial charge in [-0.15, -0.1) is 11.8 Å². The van der Waals surface area contributed by atoms with E-state index in [1.807, 2.05) is 6.26 Å². The summed E-state index contributed by atoms with van der Waals surface area (Å²) in [6.45, 7) is 0. The molecule has 0 heterocycles. The molecule has 0 saturated carbocycles. The molecule has 4 heteroatoms. The van der Waals surface area contributed by atoms with Gasteiger partial charge in [-0.05, 0) is 12.3 Å². The zero-order chi connectivity index (χ0) is 10.6. The molecule has 0 spiro atoms. The second-order valence-corrected chi connectivity index (χ2v) is 3.42. The van der Waals surface area contributed by atoms with Gasteiger partial charge in [-0.25, -0.2) is 0 Å². The molecule has 0 radical (unpaired) electrons. The highest BCUT2D eigenvalue weighted by Crippen LogP contribution is 2.33. The van der Waals surface area contributed by atoms with Crippen LogP contribution in [0.25, 0.3) is 0 Å². The van der Waals surface area contributed by atoms with E-state index in [-0.39, 0.29) is 0 Å². The first kappa shape index (κ1) is 10.9. The Hall–Kier alpha value is -1.16. The summed E-state index contributed by atoms with van der Waals surface area (Å²) in [5.41, 5.74) is 0.539. The van der Waals surface area contributed by atoms with Gasteiger partial charge in [0.1, 0.15) is 11.5 Å². The van der Waals surface area contributed by atoms with Crippen LogP contribution in [0.4, 0.5) is 0 Å². The molecule has 1 rings (SSSR count). The van der Waals surface area contributed by atoms with Crippen LogP contribution >= 0.6 is 11.8 Å². The van der Waals surface area contributed by atoms with Crippen LogP contribution in [0.3, 0.4) is 0 Å². The highest BCUT2D eigenvalue weighted by Gasteiger charge is 2.09. The van der Waals surface area contributed by atoms with Crippen molar-refractivity contribution in [2.45, 2.75) is 4.90 Å². The first-order chi connectivity index (χ1) is 6.76. The molecule has 1 aromatic rings. The molecule has 0 N–H and O–H groups in total. The van der Waals surface area contributed by atoms with Crippen molar-refractivity contribution in [3.05, 3.63) is 17.7 Å². The quantitative estimate of drug-likeness (QED) is 0.566. The number of benzene rings is 1. The van der Waals surface area contributed by atoms with E-state index < -0.39 is 0 Å². The van der Waals surface area contributed by atoms with E-state index in [2.05, 4.69) is 0 Å². The molecule has 0 aliphatic rings. The van der Waals surface area contributed by atoms with E-state index in [1.165, 1.54) is 18.9 Å². The number of thioether (sulfide) groups is 1. The van der Waals surface area contributed by atoms with Crippen molar-refractivity contribution in [2.24, 2.45) is 0 Å². The fraction of sp³-hybridized carbons (Fsp3) is 0.300. The molecule has 0 aliphatic carbocycles. The fourth-order valence-electron chi connectivity index (χ4n) is 1.14.